The molecule has 0 atom stereocenters. The van der Waals surface area contributed by atoms with E-state index in [9.17, 15) is 4.79 Å². The maximum absolute atomic E-state index is 11.8. The molecular formula is C15H17NO2S. The summed E-state index contributed by atoms with van der Waals surface area (Å²) in [5, 5.41) is 1.04. The van der Waals surface area contributed by atoms with Crippen molar-refractivity contribution < 1.29 is 9.53 Å². The summed E-state index contributed by atoms with van der Waals surface area (Å²) in [4.78, 5) is 16.3. The number of para-hydroxylation sites is 1. The van der Waals surface area contributed by atoms with Gasteiger partial charge in [-0.3, -0.25) is 4.79 Å². The topological polar surface area (TPSA) is 39.2 Å². The molecule has 19 heavy (non-hydrogen) atoms. The van der Waals surface area contributed by atoms with Gasteiger partial charge in [-0.05, 0) is 25.0 Å². The highest BCUT2D eigenvalue weighted by atomic mass is 32.1. The SMILES string of the molecule is O=C(OCCc1nc2ccccc2s1)C1CCCC1. The summed E-state index contributed by atoms with van der Waals surface area (Å²) in [5.74, 6) is 0.133. The molecule has 0 N–H and O–H groups in total. The first-order valence-corrected chi connectivity index (χ1v) is 7.65. The summed E-state index contributed by atoms with van der Waals surface area (Å²) in [6.07, 6.45) is 5.05. The Balaban J connectivity index is 1.53. The number of esters is 1. The molecule has 0 bridgehead atoms. The van der Waals surface area contributed by atoms with Gasteiger partial charge in [0, 0.05) is 6.42 Å². The molecule has 1 aliphatic carbocycles. The lowest BCUT2D eigenvalue weighted by Crippen LogP contribution is -2.16. The van der Waals surface area contributed by atoms with E-state index in [1.54, 1.807) is 11.3 Å². The van der Waals surface area contributed by atoms with Crippen molar-refractivity contribution in [3.8, 4) is 0 Å². The lowest BCUT2D eigenvalue weighted by Gasteiger charge is -2.08. The van der Waals surface area contributed by atoms with E-state index in [1.165, 1.54) is 4.70 Å². The van der Waals surface area contributed by atoms with Gasteiger partial charge in [-0.1, -0.05) is 25.0 Å². The van der Waals surface area contributed by atoms with Gasteiger partial charge >= 0.3 is 5.97 Å². The summed E-state index contributed by atoms with van der Waals surface area (Å²) < 4.78 is 6.55. The lowest BCUT2D eigenvalue weighted by atomic mass is 10.1. The fourth-order valence-electron chi connectivity index (χ4n) is 2.55. The molecule has 1 heterocycles. The Morgan fingerprint density at radius 3 is 2.89 bits per heavy atom. The number of carbonyl (C=O) groups is 1. The second-order valence-corrected chi connectivity index (χ2v) is 6.09. The highest BCUT2D eigenvalue weighted by Gasteiger charge is 2.23. The van der Waals surface area contributed by atoms with E-state index in [1.807, 2.05) is 18.2 Å². The number of carbonyl (C=O) groups excluding carboxylic acids is 1. The number of benzene rings is 1. The number of aromatic nitrogens is 1. The monoisotopic (exact) mass is 275 g/mol. The zero-order valence-corrected chi connectivity index (χ0v) is 11.6. The predicted octanol–water partition coefficient (Wildman–Crippen LogP) is 3.57. The fourth-order valence-corrected chi connectivity index (χ4v) is 3.49. The van der Waals surface area contributed by atoms with Crippen LogP contribution in [0.25, 0.3) is 10.2 Å². The second-order valence-electron chi connectivity index (χ2n) is 4.97. The number of thiazole rings is 1. The standard InChI is InChI=1S/C15H17NO2S/c17-15(11-5-1-2-6-11)18-10-9-14-16-12-7-3-4-8-13(12)19-14/h3-4,7-8,11H,1-2,5-6,9-10H2. The lowest BCUT2D eigenvalue weighted by molar-refractivity contribution is -0.148. The predicted molar refractivity (Wildman–Crippen MR) is 76.2 cm³/mol. The molecule has 0 spiro atoms. The number of hydrogen-bond acceptors (Lipinski definition) is 4. The van der Waals surface area contributed by atoms with Crippen molar-refractivity contribution in [2.45, 2.75) is 32.1 Å². The van der Waals surface area contributed by atoms with E-state index in [-0.39, 0.29) is 11.9 Å². The molecule has 3 nitrogen and oxygen atoms in total. The van der Waals surface area contributed by atoms with Crippen molar-refractivity contribution in [1.82, 2.24) is 4.98 Å². The normalized spacial score (nSPS) is 16.0. The van der Waals surface area contributed by atoms with Crippen molar-refractivity contribution in [1.29, 1.82) is 0 Å². The van der Waals surface area contributed by atoms with Crippen LogP contribution in [0.3, 0.4) is 0 Å². The number of hydrogen-bond donors (Lipinski definition) is 0. The first-order valence-electron chi connectivity index (χ1n) is 6.84. The minimum absolute atomic E-state index is 0.0152. The second kappa shape index (κ2) is 5.70. The number of ether oxygens (including phenoxy) is 1. The Labute approximate surface area is 116 Å². The fraction of sp³-hybridized carbons (Fsp3) is 0.467. The molecule has 0 saturated heterocycles. The summed E-state index contributed by atoms with van der Waals surface area (Å²) in [7, 11) is 0. The van der Waals surface area contributed by atoms with Crippen LogP contribution in [-0.2, 0) is 16.0 Å². The zero-order valence-electron chi connectivity index (χ0n) is 10.8. The van der Waals surface area contributed by atoms with Crippen LogP contribution in [0.15, 0.2) is 24.3 Å². The van der Waals surface area contributed by atoms with Crippen molar-refractivity contribution in [3.63, 3.8) is 0 Å². The Kier molecular flexibility index (Phi) is 3.78. The van der Waals surface area contributed by atoms with Gasteiger partial charge in [-0.15, -0.1) is 11.3 Å². The average molecular weight is 275 g/mol. The molecule has 1 saturated carbocycles. The molecule has 1 aliphatic rings. The van der Waals surface area contributed by atoms with Crippen molar-refractivity contribution in [3.05, 3.63) is 29.3 Å². The summed E-state index contributed by atoms with van der Waals surface area (Å²) in [6.45, 7) is 0.454. The molecule has 0 amide bonds. The van der Waals surface area contributed by atoms with Gasteiger partial charge in [0.2, 0.25) is 0 Å². The molecule has 1 fully saturated rings. The van der Waals surface area contributed by atoms with Gasteiger partial charge in [0.1, 0.15) is 0 Å². The van der Waals surface area contributed by atoms with Gasteiger partial charge in [-0.25, -0.2) is 4.98 Å². The number of rotatable bonds is 4. The third-order valence-corrected chi connectivity index (χ3v) is 4.68. The van der Waals surface area contributed by atoms with E-state index in [4.69, 9.17) is 4.74 Å². The van der Waals surface area contributed by atoms with Crippen LogP contribution in [0.1, 0.15) is 30.7 Å². The van der Waals surface area contributed by atoms with Crippen LogP contribution >= 0.6 is 11.3 Å². The van der Waals surface area contributed by atoms with Crippen molar-refractivity contribution >= 4 is 27.5 Å². The number of nitrogens with zero attached hydrogens (tertiary/aromatic N) is 1. The van der Waals surface area contributed by atoms with Crippen molar-refractivity contribution in [2.24, 2.45) is 5.92 Å². The van der Waals surface area contributed by atoms with Crippen LogP contribution in [0.4, 0.5) is 0 Å². The third kappa shape index (κ3) is 2.95. The average Bonchev–Trinajstić information content (AvgIpc) is 3.07. The number of fused-ring (bicyclic) bond motifs is 1. The summed E-state index contributed by atoms with van der Waals surface area (Å²) in [6, 6.07) is 8.09. The maximum Gasteiger partial charge on any atom is 0.308 e. The quantitative estimate of drug-likeness (QED) is 0.801. The largest absolute Gasteiger partial charge is 0.465 e. The molecule has 1 aromatic heterocycles. The zero-order chi connectivity index (χ0) is 13.1. The van der Waals surface area contributed by atoms with Crippen LogP contribution in [0.5, 0.6) is 0 Å². The molecule has 0 aliphatic heterocycles. The highest BCUT2D eigenvalue weighted by molar-refractivity contribution is 7.18. The van der Waals surface area contributed by atoms with Crippen LogP contribution in [-0.4, -0.2) is 17.6 Å². The van der Waals surface area contributed by atoms with Gasteiger partial charge in [0.05, 0.1) is 27.7 Å². The van der Waals surface area contributed by atoms with Crippen LogP contribution in [0.2, 0.25) is 0 Å². The van der Waals surface area contributed by atoms with E-state index >= 15 is 0 Å². The smallest absolute Gasteiger partial charge is 0.308 e. The van der Waals surface area contributed by atoms with Gasteiger partial charge < -0.3 is 4.74 Å². The highest BCUT2D eigenvalue weighted by Crippen LogP contribution is 2.26. The molecule has 0 radical (unpaired) electrons. The van der Waals surface area contributed by atoms with Crippen LogP contribution in [0, 0.1) is 5.92 Å². The first-order chi connectivity index (χ1) is 9.33. The molecule has 0 unspecified atom stereocenters. The van der Waals surface area contributed by atoms with E-state index in [2.05, 4.69) is 11.1 Å². The maximum atomic E-state index is 11.8. The molecule has 4 heteroatoms. The molecule has 3 rings (SSSR count). The van der Waals surface area contributed by atoms with Crippen molar-refractivity contribution in [2.75, 3.05) is 6.61 Å². The first kappa shape index (κ1) is 12.6. The molecule has 100 valence electrons. The third-order valence-electron chi connectivity index (χ3n) is 3.59. The van der Waals surface area contributed by atoms with Gasteiger partial charge in [-0.2, -0.15) is 0 Å². The van der Waals surface area contributed by atoms with E-state index in [0.717, 1.165) is 42.6 Å². The molecule has 1 aromatic carbocycles. The summed E-state index contributed by atoms with van der Waals surface area (Å²) in [5.41, 5.74) is 1.03. The van der Waals surface area contributed by atoms with E-state index < -0.39 is 0 Å². The Morgan fingerprint density at radius 1 is 1.32 bits per heavy atom. The minimum atomic E-state index is -0.0152. The van der Waals surface area contributed by atoms with Crippen LogP contribution < -0.4 is 0 Å². The van der Waals surface area contributed by atoms with Gasteiger partial charge in [0.25, 0.3) is 0 Å². The van der Waals surface area contributed by atoms with E-state index in [0.29, 0.717) is 6.61 Å². The minimum Gasteiger partial charge on any atom is -0.465 e. The Hall–Kier alpha value is -1.42. The molecular weight excluding hydrogens is 258 g/mol. The van der Waals surface area contributed by atoms with Gasteiger partial charge in [0.15, 0.2) is 0 Å². The Bertz CT molecular complexity index is 539. The summed E-state index contributed by atoms with van der Waals surface area (Å²) >= 11 is 1.68. The Morgan fingerprint density at radius 2 is 2.11 bits per heavy atom. The molecule has 2 aromatic rings.